The van der Waals surface area contributed by atoms with Gasteiger partial charge in [-0.1, -0.05) is 36.4 Å². The molecule has 0 aliphatic heterocycles. The quantitative estimate of drug-likeness (QED) is 0.0302. The number of aldehydes is 1. The highest BCUT2D eigenvalue weighted by Gasteiger charge is 2.19. The first-order chi connectivity index (χ1) is 32.8. The summed E-state index contributed by atoms with van der Waals surface area (Å²) < 4.78 is 32.9. The summed E-state index contributed by atoms with van der Waals surface area (Å²) in [6.07, 6.45) is 6.20. The van der Waals surface area contributed by atoms with Crippen LogP contribution in [-0.2, 0) is 27.6 Å². The van der Waals surface area contributed by atoms with E-state index in [1.54, 1.807) is 60.9 Å². The zero-order chi connectivity index (χ0) is 49.4. The first-order valence-electron chi connectivity index (χ1n) is 20.0. The van der Waals surface area contributed by atoms with Crippen LogP contribution in [0.5, 0.6) is 34.5 Å². The maximum atomic E-state index is 12.4. The van der Waals surface area contributed by atoms with Gasteiger partial charge in [-0.15, -0.1) is 0 Å². The van der Waals surface area contributed by atoms with Crippen molar-refractivity contribution in [1.82, 2.24) is 9.97 Å². The minimum Gasteiger partial charge on any atom is -0.493 e. The van der Waals surface area contributed by atoms with Crippen molar-refractivity contribution in [2.45, 2.75) is 19.6 Å². The fourth-order valence-corrected chi connectivity index (χ4v) is 5.84. The van der Waals surface area contributed by atoms with Crippen LogP contribution in [0.2, 0.25) is 0 Å². The number of nitrogens with one attached hydrogen (secondary N) is 2. The number of amides is 2. The number of benzene rings is 4. The molecule has 2 heterocycles. The molecule has 0 saturated carbocycles. The van der Waals surface area contributed by atoms with Crippen molar-refractivity contribution >= 4 is 53.5 Å². The zero-order valence-electron chi connectivity index (χ0n) is 37.0. The molecule has 19 heteroatoms. The van der Waals surface area contributed by atoms with Crippen molar-refractivity contribution in [2.24, 2.45) is 0 Å². The predicted molar refractivity (Wildman–Crippen MR) is 247 cm³/mol. The fraction of sp³-hybridized carbons (Fsp3) is 0.143. The van der Waals surface area contributed by atoms with Crippen LogP contribution in [0.3, 0.4) is 0 Å². The van der Waals surface area contributed by atoms with Crippen molar-refractivity contribution in [2.75, 3.05) is 39.1 Å². The Morgan fingerprint density at radius 3 is 1.43 bits per heavy atom. The largest absolute Gasteiger partial charge is 0.493 e. The summed E-state index contributed by atoms with van der Waals surface area (Å²) in [5.41, 5.74) is 2.65. The first kappa shape index (κ1) is 51.4. The highest BCUT2D eigenvalue weighted by atomic mass is 16.5. The van der Waals surface area contributed by atoms with Crippen molar-refractivity contribution in [3.05, 3.63) is 161 Å². The summed E-state index contributed by atoms with van der Waals surface area (Å²) in [7, 11) is 6.04. The summed E-state index contributed by atoms with van der Waals surface area (Å²) >= 11 is 0. The molecule has 0 aliphatic carbocycles. The molecule has 352 valence electrons. The molecule has 5 N–H and O–H groups in total. The molecule has 6 aromatic rings. The molecule has 0 saturated heterocycles. The number of anilines is 2. The lowest BCUT2D eigenvalue weighted by atomic mass is 10.1. The van der Waals surface area contributed by atoms with E-state index in [9.17, 15) is 33.9 Å². The molecule has 0 spiro atoms. The van der Waals surface area contributed by atoms with Gasteiger partial charge in [-0.2, -0.15) is 0 Å². The van der Waals surface area contributed by atoms with Gasteiger partial charge in [0.05, 0.1) is 67.9 Å². The predicted octanol–water partition coefficient (Wildman–Crippen LogP) is 7.32. The number of methoxy groups -OCH3 is 4. The number of carbonyl (C=O) groups is 6. The molecule has 4 aromatic carbocycles. The minimum atomic E-state index is -1.27. The van der Waals surface area contributed by atoms with Crippen LogP contribution in [0.15, 0.2) is 128 Å². The lowest BCUT2D eigenvalue weighted by molar-refractivity contribution is -0.139. The Morgan fingerprint density at radius 1 is 0.544 bits per heavy atom. The third-order valence-electron chi connectivity index (χ3n) is 8.94. The van der Waals surface area contributed by atoms with Gasteiger partial charge in [-0.05, 0) is 78.9 Å². The van der Waals surface area contributed by atoms with Crippen LogP contribution in [0.25, 0.3) is 6.08 Å². The smallest absolute Gasteiger partial charge is 0.337 e. The molecule has 2 amide bonds. The van der Waals surface area contributed by atoms with Crippen molar-refractivity contribution in [1.29, 1.82) is 0 Å². The number of carboxylic acid groups (broad SMARTS) is 3. The second-order valence-corrected chi connectivity index (χ2v) is 13.4. The van der Waals surface area contributed by atoms with Crippen LogP contribution >= 0.6 is 0 Å². The van der Waals surface area contributed by atoms with E-state index >= 15 is 0 Å². The number of rotatable bonds is 19. The number of aromatic nitrogens is 2. The number of aliphatic carboxylic acids is 1. The van der Waals surface area contributed by atoms with Gasteiger partial charge in [-0.3, -0.25) is 29.1 Å². The van der Waals surface area contributed by atoms with Gasteiger partial charge in [-0.25, -0.2) is 9.59 Å². The van der Waals surface area contributed by atoms with E-state index < -0.39 is 36.1 Å². The molecular formula is C49H46N4O15. The molecule has 0 fully saturated rings. The lowest BCUT2D eigenvalue weighted by Crippen LogP contribution is -2.17. The molecule has 0 atom stereocenters. The highest BCUT2D eigenvalue weighted by Crippen LogP contribution is 2.41. The Kier molecular flexibility index (Phi) is 20.0. The van der Waals surface area contributed by atoms with E-state index in [-0.39, 0.29) is 35.7 Å². The molecule has 2 aromatic heterocycles. The third kappa shape index (κ3) is 15.2. The van der Waals surface area contributed by atoms with E-state index in [1.165, 1.54) is 64.8 Å². The summed E-state index contributed by atoms with van der Waals surface area (Å²) in [6, 6.07) is 29.7. The Hall–Kier alpha value is -9.26. The van der Waals surface area contributed by atoms with E-state index in [0.717, 1.165) is 17.7 Å². The second kappa shape index (κ2) is 26.5. The monoisotopic (exact) mass is 930 g/mol. The Bertz CT molecular complexity index is 2710. The van der Waals surface area contributed by atoms with Gasteiger partial charge in [0.1, 0.15) is 19.6 Å². The van der Waals surface area contributed by atoms with Crippen LogP contribution in [0, 0.1) is 0 Å². The molecular weight excluding hydrogens is 885 g/mol. The van der Waals surface area contributed by atoms with E-state index in [2.05, 4.69) is 20.6 Å². The standard InChI is InChI=1S/C24H22N2O6.C15H15NO4.C10H9NO5/c1-30-20-12-10-16(22(23(20)31-2)32-15-17-7-5-6-14-25-17)11-13-21(27)26-19-9-4-3-8-18(19)24(28)29;1-18-13-7-6-11(9-17)14(15(13)19-2)20-10-12-5-3-4-8-16-12;12-8(5-9(13)14)11-7-4-2-1-3-6(7)10(15)16/h3-14H,15H2,1-2H3,(H,26,27)(H,28,29);3-9H,10H2,1-2H3;1-4H,5H2,(H,11,12)(H,13,14)(H,15,16)/b13-11+;;. The zero-order valence-corrected chi connectivity index (χ0v) is 37.0. The molecule has 0 aliphatic rings. The number of para-hydroxylation sites is 2. The average Bonchev–Trinajstić information content (AvgIpc) is 3.34. The third-order valence-corrected chi connectivity index (χ3v) is 8.94. The van der Waals surface area contributed by atoms with Crippen LogP contribution in [-0.4, -0.2) is 89.7 Å². The van der Waals surface area contributed by atoms with Gasteiger partial charge in [0.2, 0.25) is 23.3 Å². The normalized spacial score (nSPS) is 10.1. The van der Waals surface area contributed by atoms with Crippen molar-refractivity contribution < 1.29 is 72.5 Å². The summed E-state index contributed by atoms with van der Waals surface area (Å²) in [6.45, 7) is 0.425. The number of ether oxygens (including phenoxy) is 6. The number of nitrogens with zero attached hydrogens (tertiary/aromatic N) is 2. The molecule has 6 rings (SSSR count). The number of carbonyl (C=O) groups excluding carboxylic acids is 3. The van der Waals surface area contributed by atoms with Gasteiger partial charge in [0.15, 0.2) is 29.3 Å². The number of carboxylic acids is 3. The number of hydrogen-bond acceptors (Lipinski definition) is 14. The molecule has 68 heavy (non-hydrogen) atoms. The SMILES string of the molecule is COc1ccc(/C=C/C(=O)Nc2ccccc2C(=O)O)c(OCc2ccccn2)c1OC.COc1ccc(C=O)c(OCc2ccccn2)c1OC.O=C(O)CC(=O)Nc1ccccc1C(=O)O. The van der Waals surface area contributed by atoms with E-state index in [0.29, 0.717) is 45.6 Å². The average molecular weight is 931 g/mol. The molecule has 0 radical (unpaired) electrons. The fourth-order valence-electron chi connectivity index (χ4n) is 5.84. The van der Waals surface area contributed by atoms with E-state index in [4.69, 9.17) is 38.6 Å². The Balaban J connectivity index is 0.000000240. The van der Waals surface area contributed by atoms with Crippen molar-refractivity contribution in [3.8, 4) is 34.5 Å². The van der Waals surface area contributed by atoms with E-state index in [1.807, 2.05) is 36.4 Å². The first-order valence-corrected chi connectivity index (χ1v) is 20.0. The van der Waals surface area contributed by atoms with Gasteiger partial charge in [0.25, 0.3) is 0 Å². The van der Waals surface area contributed by atoms with Crippen LogP contribution < -0.4 is 39.1 Å². The lowest BCUT2D eigenvalue weighted by Gasteiger charge is -2.16. The minimum absolute atomic E-state index is 0.000231. The topological polar surface area (TPSA) is 268 Å². The van der Waals surface area contributed by atoms with Crippen LogP contribution in [0.1, 0.15) is 54.4 Å². The molecule has 0 unspecified atom stereocenters. The summed E-state index contributed by atoms with van der Waals surface area (Å²) in [4.78, 5) is 75.4. The Labute approximate surface area is 389 Å². The maximum absolute atomic E-state index is 12.4. The second-order valence-electron chi connectivity index (χ2n) is 13.4. The van der Waals surface area contributed by atoms with Crippen LogP contribution in [0.4, 0.5) is 11.4 Å². The molecule has 0 bridgehead atoms. The molecule has 19 nitrogen and oxygen atoms in total. The number of pyridine rings is 2. The van der Waals surface area contributed by atoms with Gasteiger partial charge in [0, 0.05) is 24.0 Å². The highest BCUT2D eigenvalue weighted by molar-refractivity contribution is 6.06. The van der Waals surface area contributed by atoms with Crippen molar-refractivity contribution in [3.63, 3.8) is 0 Å². The maximum Gasteiger partial charge on any atom is 0.337 e. The number of aromatic carboxylic acids is 2. The summed E-state index contributed by atoms with van der Waals surface area (Å²) in [5, 5.41) is 31.2. The van der Waals surface area contributed by atoms with Gasteiger partial charge < -0.3 is 54.4 Å². The summed E-state index contributed by atoms with van der Waals surface area (Å²) in [5.74, 6) is -2.36. The number of hydrogen-bond donors (Lipinski definition) is 5. The Morgan fingerprint density at radius 2 is 1.00 bits per heavy atom. The van der Waals surface area contributed by atoms with Gasteiger partial charge >= 0.3 is 17.9 Å².